The van der Waals surface area contributed by atoms with E-state index in [2.05, 4.69) is 0 Å². The number of hydrogen-bond acceptors (Lipinski definition) is 3. The molecule has 0 radical (unpaired) electrons. The summed E-state index contributed by atoms with van der Waals surface area (Å²) in [5.74, 6) is -3.48. The minimum Gasteiger partial charge on any atom is -0.481 e. The molecule has 1 N–H and O–H groups in total. The SMILES string of the molecule is O=C(O)C1(Cc2cc(F)ccc2F)CCS(=O)(=O)C1. The summed E-state index contributed by atoms with van der Waals surface area (Å²) in [6.07, 6.45) is -0.411. The second kappa shape index (κ2) is 4.56. The molecule has 1 heterocycles. The van der Waals surface area contributed by atoms with Gasteiger partial charge in [-0.25, -0.2) is 17.2 Å². The Morgan fingerprint density at radius 3 is 2.58 bits per heavy atom. The smallest absolute Gasteiger partial charge is 0.311 e. The number of carboxylic acid groups (broad SMARTS) is 1. The van der Waals surface area contributed by atoms with Gasteiger partial charge in [0, 0.05) is 0 Å². The molecule has 4 nitrogen and oxygen atoms in total. The maximum absolute atomic E-state index is 13.5. The summed E-state index contributed by atoms with van der Waals surface area (Å²) in [5, 5.41) is 9.24. The van der Waals surface area contributed by atoms with Crippen LogP contribution in [0.4, 0.5) is 8.78 Å². The Morgan fingerprint density at radius 1 is 1.37 bits per heavy atom. The van der Waals surface area contributed by atoms with Crippen molar-refractivity contribution < 1.29 is 27.1 Å². The number of carbonyl (C=O) groups is 1. The summed E-state index contributed by atoms with van der Waals surface area (Å²) in [6, 6.07) is 2.74. The molecule has 0 amide bonds. The summed E-state index contributed by atoms with van der Waals surface area (Å²) in [6.45, 7) is 0. The van der Waals surface area contributed by atoms with Gasteiger partial charge in [-0.1, -0.05) is 0 Å². The minimum atomic E-state index is -3.44. The Balaban J connectivity index is 2.38. The summed E-state index contributed by atoms with van der Waals surface area (Å²) >= 11 is 0. The third-order valence-electron chi connectivity index (χ3n) is 3.38. The second-order valence-electron chi connectivity index (χ2n) is 4.84. The highest BCUT2D eigenvalue weighted by molar-refractivity contribution is 7.91. The molecule has 0 saturated carbocycles. The lowest BCUT2D eigenvalue weighted by Crippen LogP contribution is -2.35. The minimum absolute atomic E-state index is 0.0827. The van der Waals surface area contributed by atoms with Gasteiger partial charge in [0.2, 0.25) is 0 Å². The first kappa shape index (κ1) is 13.9. The van der Waals surface area contributed by atoms with E-state index in [0.717, 1.165) is 18.2 Å². The highest BCUT2D eigenvalue weighted by Crippen LogP contribution is 2.36. The first-order valence-corrected chi connectivity index (χ1v) is 7.44. The number of benzene rings is 1. The van der Waals surface area contributed by atoms with Gasteiger partial charge in [-0.2, -0.15) is 0 Å². The molecule has 1 aromatic carbocycles. The van der Waals surface area contributed by atoms with E-state index in [4.69, 9.17) is 0 Å². The maximum Gasteiger partial charge on any atom is 0.311 e. The zero-order valence-electron chi connectivity index (χ0n) is 9.90. The van der Waals surface area contributed by atoms with Crippen molar-refractivity contribution in [2.75, 3.05) is 11.5 Å². The molecule has 0 spiro atoms. The predicted octanol–water partition coefficient (Wildman–Crippen LogP) is 1.40. The van der Waals surface area contributed by atoms with Crippen LogP contribution in [0.2, 0.25) is 0 Å². The van der Waals surface area contributed by atoms with Gasteiger partial charge in [-0.3, -0.25) is 4.79 Å². The lowest BCUT2D eigenvalue weighted by molar-refractivity contribution is -0.147. The Bertz CT molecular complexity index is 627. The van der Waals surface area contributed by atoms with Gasteiger partial charge in [0.15, 0.2) is 9.84 Å². The van der Waals surface area contributed by atoms with Crippen molar-refractivity contribution >= 4 is 15.8 Å². The van der Waals surface area contributed by atoms with Crippen molar-refractivity contribution in [3.63, 3.8) is 0 Å². The quantitative estimate of drug-likeness (QED) is 0.913. The van der Waals surface area contributed by atoms with Crippen molar-refractivity contribution in [1.29, 1.82) is 0 Å². The van der Waals surface area contributed by atoms with Crippen LogP contribution >= 0.6 is 0 Å². The molecule has 1 aliphatic heterocycles. The molecule has 1 aliphatic rings. The molecular weight excluding hydrogens is 278 g/mol. The van der Waals surface area contributed by atoms with Crippen LogP contribution in [0.15, 0.2) is 18.2 Å². The molecule has 1 fully saturated rings. The fourth-order valence-electron chi connectivity index (χ4n) is 2.34. The Hall–Kier alpha value is -1.50. The summed E-state index contributed by atoms with van der Waals surface area (Å²) in [4.78, 5) is 11.3. The van der Waals surface area contributed by atoms with Crippen molar-refractivity contribution in [3.8, 4) is 0 Å². The van der Waals surface area contributed by atoms with Crippen LogP contribution in [-0.2, 0) is 21.1 Å². The predicted molar refractivity (Wildman–Crippen MR) is 63.4 cm³/mol. The van der Waals surface area contributed by atoms with Crippen LogP contribution in [0.3, 0.4) is 0 Å². The third-order valence-corrected chi connectivity index (χ3v) is 5.20. The van der Waals surface area contributed by atoms with Crippen LogP contribution in [0.1, 0.15) is 12.0 Å². The van der Waals surface area contributed by atoms with E-state index < -0.39 is 38.6 Å². The van der Waals surface area contributed by atoms with Crippen molar-refractivity contribution in [2.24, 2.45) is 5.41 Å². The Kier molecular flexibility index (Phi) is 3.34. The zero-order valence-corrected chi connectivity index (χ0v) is 10.7. The molecule has 1 aromatic rings. The molecular formula is C12H12F2O4S. The highest BCUT2D eigenvalue weighted by Gasteiger charge is 2.48. The molecule has 2 rings (SSSR count). The van der Waals surface area contributed by atoms with Gasteiger partial charge in [0.25, 0.3) is 0 Å². The molecule has 1 unspecified atom stereocenters. The number of carboxylic acids is 1. The van der Waals surface area contributed by atoms with Gasteiger partial charge in [0.05, 0.1) is 16.9 Å². The van der Waals surface area contributed by atoms with Gasteiger partial charge >= 0.3 is 5.97 Å². The Morgan fingerprint density at radius 2 is 2.05 bits per heavy atom. The van der Waals surface area contributed by atoms with E-state index in [0.29, 0.717) is 0 Å². The largest absolute Gasteiger partial charge is 0.481 e. The van der Waals surface area contributed by atoms with Crippen LogP contribution in [0, 0.1) is 17.0 Å². The van der Waals surface area contributed by atoms with Gasteiger partial charge in [-0.15, -0.1) is 0 Å². The average Bonchev–Trinajstić information content (AvgIpc) is 2.61. The van der Waals surface area contributed by atoms with Crippen LogP contribution in [0.5, 0.6) is 0 Å². The number of aliphatic carboxylic acids is 1. The highest BCUT2D eigenvalue weighted by atomic mass is 32.2. The maximum atomic E-state index is 13.5. The molecule has 1 atom stereocenters. The summed E-state index contributed by atoms with van der Waals surface area (Å²) in [5.41, 5.74) is -1.67. The molecule has 7 heteroatoms. The third kappa shape index (κ3) is 2.75. The second-order valence-corrected chi connectivity index (χ2v) is 7.02. The van der Waals surface area contributed by atoms with Crippen molar-refractivity contribution in [1.82, 2.24) is 0 Å². The van der Waals surface area contributed by atoms with Gasteiger partial charge < -0.3 is 5.11 Å². The standard InChI is InChI=1S/C12H12F2O4S/c13-9-1-2-10(14)8(5-9)6-12(11(15)16)3-4-19(17,18)7-12/h1-2,5H,3-4,6-7H2,(H,15,16). The Labute approximate surface area is 109 Å². The fourth-order valence-corrected chi connectivity index (χ4v) is 4.40. The van der Waals surface area contributed by atoms with E-state index in [1.54, 1.807) is 0 Å². The monoisotopic (exact) mass is 290 g/mol. The molecule has 0 bridgehead atoms. The van der Waals surface area contributed by atoms with Gasteiger partial charge in [0.1, 0.15) is 11.6 Å². The van der Waals surface area contributed by atoms with E-state index >= 15 is 0 Å². The fraction of sp³-hybridized carbons (Fsp3) is 0.417. The topological polar surface area (TPSA) is 71.4 Å². The first-order chi connectivity index (χ1) is 8.74. The number of rotatable bonds is 3. The summed E-state index contributed by atoms with van der Waals surface area (Å²) in [7, 11) is -3.44. The zero-order chi connectivity index (χ0) is 14.3. The van der Waals surface area contributed by atoms with E-state index in [9.17, 15) is 27.1 Å². The van der Waals surface area contributed by atoms with E-state index in [-0.39, 0.29) is 24.2 Å². The lowest BCUT2D eigenvalue weighted by atomic mass is 9.81. The summed E-state index contributed by atoms with van der Waals surface area (Å²) < 4.78 is 49.5. The van der Waals surface area contributed by atoms with Crippen LogP contribution in [0.25, 0.3) is 0 Å². The van der Waals surface area contributed by atoms with Gasteiger partial charge in [-0.05, 0) is 36.6 Å². The van der Waals surface area contributed by atoms with E-state index in [1.807, 2.05) is 0 Å². The normalized spacial score (nSPS) is 25.4. The number of sulfone groups is 1. The van der Waals surface area contributed by atoms with Crippen molar-refractivity contribution in [3.05, 3.63) is 35.4 Å². The number of hydrogen-bond donors (Lipinski definition) is 1. The number of halogens is 2. The van der Waals surface area contributed by atoms with E-state index in [1.165, 1.54) is 0 Å². The molecule has 19 heavy (non-hydrogen) atoms. The molecule has 1 saturated heterocycles. The van der Waals surface area contributed by atoms with Crippen LogP contribution < -0.4 is 0 Å². The molecule has 0 aliphatic carbocycles. The average molecular weight is 290 g/mol. The molecule has 104 valence electrons. The van der Waals surface area contributed by atoms with Crippen LogP contribution in [-0.4, -0.2) is 31.0 Å². The molecule has 0 aromatic heterocycles. The van der Waals surface area contributed by atoms with Crippen molar-refractivity contribution in [2.45, 2.75) is 12.8 Å². The first-order valence-electron chi connectivity index (χ1n) is 5.62. The lowest BCUT2D eigenvalue weighted by Gasteiger charge is -2.22.